The van der Waals surface area contributed by atoms with Crippen LogP contribution in [0.2, 0.25) is 0 Å². The maximum atomic E-state index is 9.88. The van der Waals surface area contributed by atoms with Gasteiger partial charge in [-0.2, -0.15) is 0 Å². The summed E-state index contributed by atoms with van der Waals surface area (Å²) in [6.07, 6.45) is -0.181. The van der Waals surface area contributed by atoms with Gasteiger partial charge in [0.15, 0.2) is 0 Å². The van der Waals surface area contributed by atoms with Gasteiger partial charge in [-0.15, -0.1) is 0 Å². The van der Waals surface area contributed by atoms with E-state index < -0.39 is 12.2 Å². The molecule has 3 heteroatoms. The van der Waals surface area contributed by atoms with Crippen LogP contribution < -0.4 is 0 Å². The lowest BCUT2D eigenvalue weighted by Gasteiger charge is -2.31. The smallest absolute Gasteiger partial charge is 0.0882 e. The van der Waals surface area contributed by atoms with E-state index in [2.05, 4.69) is 0 Å². The number of hydrogen-bond acceptors (Lipinski definition) is 3. The molecule has 2 N–H and O–H groups in total. The van der Waals surface area contributed by atoms with Crippen LogP contribution in [-0.2, 0) is 4.74 Å². The molecule has 0 heterocycles. The molecule has 13 heavy (non-hydrogen) atoms. The van der Waals surface area contributed by atoms with Crippen molar-refractivity contribution >= 4 is 0 Å². The van der Waals surface area contributed by atoms with Gasteiger partial charge < -0.3 is 14.9 Å². The van der Waals surface area contributed by atoms with Crippen molar-refractivity contribution in [3.8, 4) is 0 Å². The molecule has 0 saturated heterocycles. The van der Waals surface area contributed by atoms with E-state index in [1.165, 1.54) is 0 Å². The van der Waals surface area contributed by atoms with E-state index in [0.29, 0.717) is 12.5 Å². The average molecular weight is 186 g/mol. The molecule has 2 aliphatic carbocycles. The predicted molar refractivity (Wildman–Crippen MR) is 48.2 cm³/mol. The number of methoxy groups -OCH3 is 1. The van der Waals surface area contributed by atoms with Crippen molar-refractivity contribution in [3.05, 3.63) is 0 Å². The monoisotopic (exact) mass is 186 g/mol. The van der Waals surface area contributed by atoms with Crippen LogP contribution in [0.25, 0.3) is 0 Å². The van der Waals surface area contributed by atoms with Gasteiger partial charge in [-0.25, -0.2) is 0 Å². The Morgan fingerprint density at radius 3 is 2.31 bits per heavy atom. The summed E-state index contributed by atoms with van der Waals surface area (Å²) in [7, 11) is 1.64. The molecule has 0 aromatic carbocycles. The zero-order valence-electron chi connectivity index (χ0n) is 8.45. The Labute approximate surface area is 78.7 Å². The molecule has 0 aromatic heterocycles. The predicted octanol–water partition coefficient (Wildman–Crippen LogP) is 0.401. The Morgan fingerprint density at radius 1 is 1.31 bits per heavy atom. The molecule has 2 saturated carbocycles. The van der Waals surface area contributed by atoms with Crippen LogP contribution in [0.3, 0.4) is 0 Å². The van der Waals surface area contributed by atoms with Crippen LogP contribution in [0.4, 0.5) is 0 Å². The summed E-state index contributed by atoms with van der Waals surface area (Å²) in [5.41, 5.74) is -0.296. The van der Waals surface area contributed by atoms with Crippen molar-refractivity contribution in [3.63, 3.8) is 0 Å². The topological polar surface area (TPSA) is 49.7 Å². The molecule has 0 spiro atoms. The van der Waals surface area contributed by atoms with E-state index in [1.54, 1.807) is 7.11 Å². The summed E-state index contributed by atoms with van der Waals surface area (Å²) in [4.78, 5) is 0. The third-order valence-electron chi connectivity index (χ3n) is 4.18. The van der Waals surface area contributed by atoms with E-state index in [4.69, 9.17) is 4.74 Å². The molecule has 0 aliphatic heterocycles. The van der Waals surface area contributed by atoms with E-state index in [9.17, 15) is 10.2 Å². The van der Waals surface area contributed by atoms with Gasteiger partial charge >= 0.3 is 0 Å². The summed E-state index contributed by atoms with van der Waals surface area (Å²) in [6, 6.07) is 0. The van der Waals surface area contributed by atoms with Gasteiger partial charge in [-0.3, -0.25) is 0 Å². The lowest BCUT2D eigenvalue weighted by atomic mass is 9.83. The quantitative estimate of drug-likeness (QED) is 0.656. The van der Waals surface area contributed by atoms with Crippen molar-refractivity contribution in [2.45, 2.75) is 32.5 Å². The summed E-state index contributed by atoms with van der Waals surface area (Å²) < 4.78 is 5.12. The highest BCUT2D eigenvalue weighted by atomic mass is 16.5. The van der Waals surface area contributed by atoms with E-state index in [1.807, 2.05) is 13.8 Å². The Morgan fingerprint density at radius 2 is 1.92 bits per heavy atom. The number of hydrogen-bond donors (Lipinski definition) is 2. The number of aliphatic hydroxyl groups is 2. The molecule has 2 rings (SSSR count). The Kier molecular flexibility index (Phi) is 1.79. The van der Waals surface area contributed by atoms with Gasteiger partial charge in [0.1, 0.15) is 0 Å². The van der Waals surface area contributed by atoms with Gasteiger partial charge in [0, 0.05) is 12.5 Å². The standard InChI is InChI=1S/C10H18O3/c1-9-4-6(9)10(2,5-13-3)8(12)7(9)11/h6-8,11-12H,4-5H2,1-3H3/t6-,7-,8+,9+,10+/m1/s1. The first-order valence-corrected chi connectivity index (χ1v) is 4.82. The van der Waals surface area contributed by atoms with Gasteiger partial charge in [-0.1, -0.05) is 13.8 Å². The van der Waals surface area contributed by atoms with Gasteiger partial charge in [0.25, 0.3) is 0 Å². The number of rotatable bonds is 2. The van der Waals surface area contributed by atoms with Crippen molar-refractivity contribution in [2.24, 2.45) is 16.7 Å². The molecule has 0 aromatic rings. The van der Waals surface area contributed by atoms with E-state index in [-0.39, 0.29) is 10.8 Å². The van der Waals surface area contributed by atoms with Gasteiger partial charge in [0.2, 0.25) is 0 Å². The maximum Gasteiger partial charge on any atom is 0.0882 e. The second-order valence-corrected chi connectivity index (χ2v) is 5.09. The van der Waals surface area contributed by atoms with Crippen molar-refractivity contribution in [1.82, 2.24) is 0 Å². The largest absolute Gasteiger partial charge is 0.390 e. The van der Waals surface area contributed by atoms with Crippen LogP contribution in [0.5, 0.6) is 0 Å². The lowest BCUT2D eigenvalue weighted by Crippen LogP contribution is -2.41. The first-order chi connectivity index (χ1) is 5.97. The lowest BCUT2D eigenvalue weighted by molar-refractivity contribution is -0.0716. The second kappa shape index (κ2) is 2.47. The molecule has 2 fully saturated rings. The molecule has 2 aliphatic rings. The van der Waals surface area contributed by atoms with Gasteiger partial charge in [-0.05, 0) is 17.8 Å². The maximum absolute atomic E-state index is 9.88. The van der Waals surface area contributed by atoms with Crippen molar-refractivity contribution in [2.75, 3.05) is 13.7 Å². The molecule has 0 radical (unpaired) electrons. The third-order valence-corrected chi connectivity index (χ3v) is 4.18. The summed E-state index contributed by atoms with van der Waals surface area (Å²) in [6.45, 7) is 4.59. The van der Waals surface area contributed by atoms with Crippen LogP contribution >= 0.6 is 0 Å². The van der Waals surface area contributed by atoms with Gasteiger partial charge in [0.05, 0.1) is 18.8 Å². The molecule has 5 atom stereocenters. The Balaban J connectivity index is 2.23. The molecule has 76 valence electrons. The Bertz CT molecular complexity index is 226. The Hall–Kier alpha value is -0.120. The van der Waals surface area contributed by atoms with Crippen LogP contribution in [0, 0.1) is 16.7 Å². The van der Waals surface area contributed by atoms with E-state index in [0.717, 1.165) is 6.42 Å². The summed E-state index contributed by atoms with van der Waals surface area (Å²) >= 11 is 0. The molecule has 3 nitrogen and oxygen atoms in total. The van der Waals surface area contributed by atoms with Crippen LogP contribution in [0.1, 0.15) is 20.3 Å². The second-order valence-electron chi connectivity index (χ2n) is 5.09. The molecular weight excluding hydrogens is 168 g/mol. The minimum atomic E-state index is -0.629. The molecule has 0 unspecified atom stereocenters. The highest BCUT2D eigenvalue weighted by Crippen LogP contribution is 2.70. The molecular formula is C10H18O3. The van der Waals surface area contributed by atoms with Crippen molar-refractivity contribution < 1.29 is 14.9 Å². The van der Waals surface area contributed by atoms with Crippen molar-refractivity contribution in [1.29, 1.82) is 0 Å². The first kappa shape index (κ1) is 9.44. The third kappa shape index (κ3) is 0.953. The normalized spacial score (nSPS) is 59.3. The first-order valence-electron chi connectivity index (χ1n) is 4.82. The number of aliphatic hydroxyl groups excluding tert-OH is 2. The minimum Gasteiger partial charge on any atom is -0.390 e. The fourth-order valence-electron chi connectivity index (χ4n) is 3.12. The van der Waals surface area contributed by atoms with E-state index >= 15 is 0 Å². The highest BCUT2D eigenvalue weighted by molar-refractivity contribution is 5.21. The fourth-order valence-corrected chi connectivity index (χ4v) is 3.12. The summed E-state index contributed by atoms with van der Waals surface area (Å²) in [5, 5.41) is 19.7. The van der Waals surface area contributed by atoms with Crippen LogP contribution in [-0.4, -0.2) is 36.1 Å². The minimum absolute atomic E-state index is 0.0489. The number of ether oxygens (including phenoxy) is 1. The molecule has 0 bridgehead atoms. The fraction of sp³-hybridized carbons (Fsp3) is 1.00. The SMILES string of the molecule is COC[C@@]1(C)[C@@H]2C[C@]2(C)[C@H](O)[C@@H]1O. The zero-order valence-corrected chi connectivity index (χ0v) is 8.45. The average Bonchev–Trinajstić information content (AvgIpc) is 2.74. The highest BCUT2D eigenvalue weighted by Gasteiger charge is 2.72. The summed E-state index contributed by atoms with van der Waals surface area (Å²) in [5.74, 6) is 0.421. The zero-order chi connectivity index (χ0) is 9.85. The van der Waals surface area contributed by atoms with Crippen LogP contribution in [0.15, 0.2) is 0 Å². The number of fused-ring (bicyclic) bond motifs is 1. The molecule has 0 amide bonds.